The van der Waals surface area contributed by atoms with Crippen molar-refractivity contribution in [3.63, 3.8) is 0 Å². The molecule has 0 fully saturated rings. The lowest BCUT2D eigenvalue weighted by molar-refractivity contribution is -0.144. The quantitative estimate of drug-likeness (QED) is 0.611. The van der Waals surface area contributed by atoms with Gasteiger partial charge >= 0.3 is 5.97 Å². The number of Topliss-reactive ketones (excluding diaryl/α,β-unsaturated/α-hetero) is 1. The smallest absolute Gasteiger partial charge is 0.313 e. The number of nitrogens with two attached hydrogens (primary N) is 1. The Hall–Kier alpha value is -1.94. The van der Waals surface area contributed by atoms with Gasteiger partial charge in [-0.3, -0.25) is 9.59 Å². The van der Waals surface area contributed by atoms with Gasteiger partial charge in [0.25, 0.3) is 0 Å². The van der Waals surface area contributed by atoms with Gasteiger partial charge in [0, 0.05) is 6.54 Å². The second kappa shape index (κ2) is 7.40. The summed E-state index contributed by atoms with van der Waals surface area (Å²) < 4.78 is 4.91. The summed E-state index contributed by atoms with van der Waals surface area (Å²) in [6.45, 7) is 1.86. The molecule has 1 rings (SSSR count). The zero-order valence-corrected chi connectivity index (χ0v) is 10.4. The number of hydrogen-bond acceptors (Lipinski definition) is 4. The molecule has 2 N–H and O–H groups in total. The van der Waals surface area contributed by atoms with Crippen molar-refractivity contribution < 1.29 is 14.3 Å². The Labute approximate surface area is 106 Å². The highest BCUT2D eigenvalue weighted by Gasteiger charge is 2.05. The van der Waals surface area contributed by atoms with E-state index in [2.05, 4.69) is 0 Å². The molecular formula is C14H17NO3. The molecule has 0 bridgehead atoms. The molecule has 18 heavy (non-hydrogen) atoms. The second-order valence-corrected chi connectivity index (χ2v) is 3.86. The summed E-state index contributed by atoms with van der Waals surface area (Å²) in [4.78, 5) is 21.8. The topological polar surface area (TPSA) is 69.4 Å². The highest BCUT2D eigenvalue weighted by molar-refractivity contribution is 5.94. The lowest BCUT2D eigenvalue weighted by Gasteiger charge is -2.05. The fourth-order valence-electron chi connectivity index (χ4n) is 1.46. The monoisotopic (exact) mass is 247 g/mol. The zero-order valence-electron chi connectivity index (χ0n) is 10.4. The van der Waals surface area contributed by atoms with Gasteiger partial charge in [-0.05, 0) is 24.1 Å². The minimum absolute atomic E-state index is 0.132. The summed E-state index contributed by atoms with van der Waals surface area (Å²) in [5.74, 6) is -0.714. The molecule has 0 aliphatic heterocycles. The molecule has 0 spiro atoms. The van der Waals surface area contributed by atoms with Crippen LogP contribution in [0.2, 0.25) is 0 Å². The molecule has 0 heterocycles. The molecule has 4 nitrogen and oxygen atoms in total. The third-order valence-electron chi connectivity index (χ3n) is 2.33. The van der Waals surface area contributed by atoms with E-state index >= 15 is 0 Å². The minimum Gasteiger partial charge on any atom is -0.461 e. The van der Waals surface area contributed by atoms with Gasteiger partial charge in [0.15, 0.2) is 0 Å². The zero-order chi connectivity index (χ0) is 13.4. The molecule has 0 aromatic heterocycles. The number of carbonyl (C=O) groups is 2. The highest BCUT2D eigenvalue weighted by Crippen LogP contribution is 2.11. The molecule has 0 amide bonds. The van der Waals surface area contributed by atoms with Crippen molar-refractivity contribution in [2.45, 2.75) is 13.3 Å². The van der Waals surface area contributed by atoms with E-state index in [9.17, 15) is 9.59 Å². The van der Waals surface area contributed by atoms with E-state index in [1.807, 2.05) is 30.3 Å². The van der Waals surface area contributed by atoms with E-state index < -0.39 is 5.97 Å². The van der Waals surface area contributed by atoms with Crippen molar-refractivity contribution in [2.75, 3.05) is 13.2 Å². The van der Waals surface area contributed by atoms with Crippen LogP contribution in [0.4, 0.5) is 0 Å². The maximum Gasteiger partial charge on any atom is 0.313 e. The molecule has 0 radical (unpaired) electrons. The van der Waals surface area contributed by atoms with Gasteiger partial charge in [-0.2, -0.15) is 0 Å². The van der Waals surface area contributed by atoms with E-state index in [1.54, 1.807) is 6.08 Å². The third-order valence-corrected chi connectivity index (χ3v) is 2.33. The fourth-order valence-corrected chi connectivity index (χ4v) is 1.46. The van der Waals surface area contributed by atoms with Gasteiger partial charge < -0.3 is 10.5 Å². The van der Waals surface area contributed by atoms with E-state index in [0.717, 1.165) is 11.1 Å². The lowest BCUT2D eigenvalue weighted by Crippen LogP contribution is -2.10. The summed E-state index contributed by atoms with van der Waals surface area (Å²) in [5, 5.41) is 0. The Morgan fingerprint density at radius 3 is 2.50 bits per heavy atom. The van der Waals surface area contributed by atoms with Crippen LogP contribution in [0.5, 0.6) is 0 Å². The van der Waals surface area contributed by atoms with Crippen molar-refractivity contribution in [1.29, 1.82) is 0 Å². The Morgan fingerprint density at radius 2 is 1.94 bits per heavy atom. The molecule has 96 valence electrons. The van der Waals surface area contributed by atoms with E-state index in [4.69, 9.17) is 10.5 Å². The number of ether oxygens (including phenoxy) is 1. The van der Waals surface area contributed by atoms with Crippen LogP contribution in [-0.2, 0) is 14.3 Å². The summed E-state index contributed by atoms with van der Waals surface area (Å²) in [6, 6.07) is 9.64. The number of esters is 1. The Kier molecular flexibility index (Phi) is 5.80. The van der Waals surface area contributed by atoms with Gasteiger partial charge in [0.2, 0.25) is 0 Å². The standard InChI is InChI=1S/C14H17NO3/c1-11(16)9-14(17)18-8-7-13(10-15)12-5-3-2-4-6-12/h2-7H,8-10,15H2,1H3. The van der Waals surface area contributed by atoms with E-state index in [-0.39, 0.29) is 18.8 Å². The maximum absolute atomic E-state index is 11.2. The molecule has 0 atom stereocenters. The van der Waals surface area contributed by atoms with Crippen molar-refractivity contribution in [3.8, 4) is 0 Å². The van der Waals surface area contributed by atoms with Crippen molar-refractivity contribution in [1.82, 2.24) is 0 Å². The SMILES string of the molecule is CC(=O)CC(=O)OCC=C(CN)c1ccccc1. The van der Waals surface area contributed by atoms with Crippen LogP contribution in [0.3, 0.4) is 0 Å². The summed E-state index contributed by atoms with van der Waals surface area (Å²) in [5.41, 5.74) is 7.55. The number of carbonyl (C=O) groups excluding carboxylic acids is 2. The van der Waals surface area contributed by atoms with Crippen molar-refractivity contribution in [3.05, 3.63) is 42.0 Å². The number of benzene rings is 1. The molecule has 0 saturated heterocycles. The first-order chi connectivity index (χ1) is 8.63. The summed E-state index contributed by atoms with van der Waals surface area (Å²) in [6.07, 6.45) is 1.57. The van der Waals surface area contributed by atoms with Crippen LogP contribution >= 0.6 is 0 Å². The molecule has 0 aliphatic rings. The van der Waals surface area contributed by atoms with Crippen molar-refractivity contribution in [2.24, 2.45) is 5.73 Å². The van der Waals surface area contributed by atoms with Crippen LogP contribution in [0.15, 0.2) is 36.4 Å². The largest absolute Gasteiger partial charge is 0.461 e. The summed E-state index contributed by atoms with van der Waals surface area (Å²) >= 11 is 0. The number of ketones is 1. The Morgan fingerprint density at radius 1 is 1.28 bits per heavy atom. The average Bonchev–Trinajstić information content (AvgIpc) is 2.35. The van der Waals surface area contributed by atoms with Crippen molar-refractivity contribution >= 4 is 17.3 Å². The molecule has 0 aliphatic carbocycles. The molecule has 4 heteroatoms. The van der Waals surface area contributed by atoms with Gasteiger partial charge in [0.1, 0.15) is 18.8 Å². The normalized spacial score (nSPS) is 11.1. The molecule has 0 saturated carbocycles. The van der Waals surface area contributed by atoms with E-state index in [1.165, 1.54) is 6.92 Å². The Balaban J connectivity index is 2.54. The average molecular weight is 247 g/mol. The molecule has 1 aromatic rings. The number of rotatable bonds is 6. The first-order valence-corrected chi connectivity index (χ1v) is 5.73. The van der Waals surface area contributed by atoms with Crippen LogP contribution in [-0.4, -0.2) is 24.9 Å². The van der Waals surface area contributed by atoms with Crippen LogP contribution in [0.1, 0.15) is 18.9 Å². The van der Waals surface area contributed by atoms with Gasteiger partial charge in [-0.15, -0.1) is 0 Å². The molecule has 1 aromatic carbocycles. The van der Waals surface area contributed by atoms with E-state index in [0.29, 0.717) is 6.54 Å². The van der Waals surface area contributed by atoms with Gasteiger partial charge in [0.05, 0.1) is 0 Å². The maximum atomic E-state index is 11.2. The van der Waals surface area contributed by atoms with Gasteiger partial charge in [-0.1, -0.05) is 30.3 Å². The number of hydrogen-bond donors (Lipinski definition) is 1. The Bertz CT molecular complexity index is 438. The predicted molar refractivity (Wildman–Crippen MR) is 69.7 cm³/mol. The fraction of sp³-hybridized carbons (Fsp3) is 0.286. The minimum atomic E-state index is -0.511. The van der Waals surface area contributed by atoms with Crippen LogP contribution < -0.4 is 5.73 Å². The summed E-state index contributed by atoms with van der Waals surface area (Å²) in [7, 11) is 0. The molecule has 0 unspecified atom stereocenters. The predicted octanol–water partition coefficient (Wildman–Crippen LogP) is 1.55. The van der Waals surface area contributed by atoms with Crippen LogP contribution in [0, 0.1) is 0 Å². The van der Waals surface area contributed by atoms with Crippen LogP contribution in [0.25, 0.3) is 5.57 Å². The first kappa shape index (κ1) is 14.1. The highest BCUT2D eigenvalue weighted by atomic mass is 16.5. The molecular weight excluding hydrogens is 230 g/mol. The first-order valence-electron chi connectivity index (χ1n) is 5.73. The third kappa shape index (κ3) is 4.93. The lowest BCUT2D eigenvalue weighted by atomic mass is 10.1. The van der Waals surface area contributed by atoms with Gasteiger partial charge in [-0.25, -0.2) is 0 Å². The second-order valence-electron chi connectivity index (χ2n) is 3.86.